The highest BCUT2D eigenvalue weighted by molar-refractivity contribution is 6.04. The standard InChI is InChI=1S/C17H24BN5/c18-22-9-2-1-4-15(22)14-10-16-19-13(12-5-6-12)11-17(23(16)20-14)21-7-3-8-21/h10-12,15H,1-9,18H2/t15-/m0/s1. The first-order valence-electron chi connectivity index (χ1n) is 9.15. The molecule has 0 bridgehead atoms. The van der Waals surface area contributed by atoms with Crippen LogP contribution < -0.4 is 4.90 Å². The van der Waals surface area contributed by atoms with Crippen LogP contribution in [0.2, 0.25) is 0 Å². The Morgan fingerprint density at radius 2 is 1.83 bits per heavy atom. The SMILES string of the molecule is BN1CCCC[C@H]1c1cc2nc(C3CC3)cc(N3CCC3)n2n1. The molecule has 1 atom stereocenters. The second-order valence-electron chi connectivity index (χ2n) is 7.49. The fourth-order valence-corrected chi connectivity index (χ4v) is 3.97. The van der Waals surface area contributed by atoms with Gasteiger partial charge in [-0.1, -0.05) is 6.42 Å². The molecule has 0 spiro atoms. The lowest BCUT2D eigenvalue weighted by Gasteiger charge is -2.33. The third-order valence-corrected chi connectivity index (χ3v) is 5.73. The van der Waals surface area contributed by atoms with Gasteiger partial charge in [-0.2, -0.15) is 9.61 Å². The summed E-state index contributed by atoms with van der Waals surface area (Å²) in [7, 11) is 2.23. The maximum Gasteiger partial charge on any atom is 0.186 e. The van der Waals surface area contributed by atoms with Gasteiger partial charge < -0.3 is 9.71 Å². The molecule has 6 heteroatoms. The van der Waals surface area contributed by atoms with Crippen molar-refractivity contribution < 1.29 is 0 Å². The fourth-order valence-electron chi connectivity index (χ4n) is 3.97. The van der Waals surface area contributed by atoms with Crippen molar-refractivity contribution in [2.75, 3.05) is 24.5 Å². The summed E-state index contributed by atoms with van der Waals surface area (Å²) in [4.78, 5) is 9.84. The topological polar surface area (TPSA) is 36.7 Å². The maximum absolute atomic E-state index is 4.98. The molecule has 0 unspecified atom stereocenters. The molecule has 0 N–H and O–H groups in total. The second-order valence-corrected chi connectivity index (χ2v) is 7.49. The Balaban J connectivity index is 1.60. The zero-order valence-electron chi connectivity index (χ0n) is 13.9. The Hall–Kier alpha value is -1.56. The Morgan fingerprint density at radius 1 is 0.957 bits per heavy atom. The van der Waals surface area contributed by atoms with E-state index in [1.807, 2.05) is 0 Å². The van der Waals surface area contributed by atoms with Crippen LogP contribution in [-0.2, 0) is 0 Å². The Morgan fingerprint density at radius 3 is 2.52 bits per heavy atom. The number of aromatic nitrogens is 3. The number of hydrogen-bond acceptors (Lipinski definition) is 4. The molecule has 1 aliphatic carbocycles. The van der Waals surface area contributed by atoms with Crippen LogP contribution in [0.3, 0.4) is 0 Å². The molecule has 0 amide bonds. The first kappa shape index (κ1) is 13.8. The number of rotatable bonds is 3. The van der Waals surface area contributed by atoms with Gasteiger partial charge in [0.25, 0.3) is 0 Å². The van der Waals surface area contributed by atoms with E-state index in [2.05, 4.69) is 34.3 Å². The highest BCUT2D eigenvalue weighted by Gasteiger charge is 2.29. The van der Waals surface area contributed by atoms with Crippen molar-refractivity contribution in [3.8, 4) is 0 Å². The van der Waals surface area contributed by atoms with Gasteiger partial charge in [0.05, 0.1) is 5.69 Å². The summed E-state index contributed by atoms with van der Waals surface area (Å²) in [5, 5.41) is 4.98. The molecule has 4 heterocycles. The molecule has 5 rings (SSSR count). The Kier molecular flexibility index (Phi) is 3.15. The maximum atomic E-state index is 4.98. The predicted octanol–water partition coefficient (Wildman–Crippen LogP) is 1.89. The van der Waals surface area contributed by atoms with Crippen molar-refractivity contribution in [3.05, 3.63) is 23.5 Å². The summed E-state index contributed by atoms with van der Waals surface area (Å²) in [6.07, 6.45) is 7.73. The summed E-state index contributed by atoms with van der Waals surface area (Å²) in [6, 6.07) is 4.99. The lowest BCUT2D eigenvalue weighted by molar-refractivity contribution is 0.261. The van der Waals surface area contributed by atoms with E-state index in [0.29, 0.717) is 12.0 Å². The summed E-state index contributed by atoms with van der Waals surface area (Å²) in [6.45, 7) is 3.49. The van der Waals surface area contributed by atoms with Crippen molar-refractivity contribution in [3.63, 3.8) is 0 Å². The van der Waals surface area contributed by atoms with E-state index in [-0.39, 0.29) is 0 Å². The van der Waals surface area contributed by atoms with Crippen molar-refractivity contribution in [1.82, 2.24) is 19.4 Å². The number of hydrogen-bond donors (Lipinski definition) is 0. The predicted molar refractivity (Wildman–Crippen MR) is 93.6 cm³/mol. The Bertz CT molecular complexity index is 734. The number of fused-ring (bicyclic) bond motifs is 1. The van der Waals surface area contributed by atoms with Gasteiger partial charge in [-0.3, -0.25) is 0 Å². The minimum Gasteiger partial charge on any atom is -0.356 e. The first-order chi connectivity index (χ1) is 11.3. The molecule has 1 saturated carbocycles. The molecule has 0 aromatic carbocycles. The molecule has 2 aromatic rings. The Labute approximate surface area is 138 Å². The van der Waals surface area contributed by atoms with Crippen molar-refractivity contribution in [2.45, 2.75) is 50.5 Å². The van der Waals surface area contributed by atoms with E-state index in [0.717, 1.165) is 18.7 Å². The van der Waals surface area contributed by atoms with Crippen LogP contribution in [0.4, 0.5) is 5.82 Å². The average molecular weight is 309 g/mol. The monoisotopic (exact) mass is 309 g/mol. The first-order valence-corrected chi connectivity index (χ1v) is 9.15. The molecule has 3 aliphatic rings. The van der Waals surface area contributed by atoms with Gasteiger partial charge in [-0.05, 0) is 38.6 Å². The van der Waals surface area contributed by atoms with E-state index in [1.165, 1.54) is 62.3 Å². The zero-order valence-corrected chi connectivity index (χ0v) is 13.9. The number of piperidine rings is 1. The van der Waals surface area contributed by atoms with Gasteiger partial charge in [0.2, 0.25) is 0 Å². The van der Waals surface area contributed by atoms with E-state index in [4.69, 9.17) is 10.1 Å². The molecule has 23 heavy (non-hydrogen) atoms. The van der Waals surface area contributed by atoms with Crippen LogP contribution in [-0.4, -0.2) is 47.0 Å². The molecule has 2 aliphatic heterocycles. The summed E-state index contributed by atoms with van der Waals surface area (Å²) >= 11 is 0. The fraction of sp³-hybridized carbons (Fsp3) is 0.647. The third-order valence-electron chi connectivity index (χ3n) is 5.73. The van der Waals surface area contributed by atoms with Gasteiger partial charge >= 0.3 is 0 Å². The molecule has 2 aromatic heterocycles. The van der Waals surface area contributed by atoms with Crippen LogP contribution in [0.5, 0.6) is 0 Å². The largest absolute Gasteiger partial charge is 0.356 e. The van der Waals surface area contributed by atoms with E-state index < -0.39 is 0 Å². The van der Waals surface area contributed by atoms with E-state index in [9.17, 15) is 0 Å². The van der Waals surface area contributed by atoms with Crippen molar-refractivity contribution in [2.24, 2.45) is 0 Å². The normalized spacial score (nSPS) is 25.7. The molecule has 2 saturated heterocycles. The summed E-state index contributed by atoms with van der Waals surface area (Å²) < 4.78 is 2.10. The lowest BCUT2D eigenvalue weighted by Crippen LogP contribution is -2.38. The molecule has 5 nitrogen and oxygen atoms in total. The van der Waals surface area contributed by atoms with Gasteiger partial charge in [-0.25, -0.2) is 4.98 Å². The zero-order chi connectivity index (χ0) is 15.4. The van der Waals surface area contributed by atoms with Crippen LogP contribution in [0, 0.1) is 0 Å². The molecule has 120 valence electrons. The molecule has 0 radical (unpaired) electrons. The third kappa shape index (κ3) is 2.35. The highest BCUT2D eigenvalue weighted by Crippen LogP contribution is 2.41. The summed E-state index contributed by atoms with van der Waals surface area (Å²) in [5.74, 6) is 1.95. The van der Waals surface area contributed by atoms with Crippen LogP contribution >= 0.6 is 0 Å². The van der Waals surface area contributed by atoms with Gasteiger partial charge in [0, 0.05) is 42.9 Å². The minimum absolute atomic E-state index is 0.457. The lowest BCUT2D eigenvalue weighted by atomic mass is 9.96. The summed E-state index contributed by atoms with van der Waals surface area (Å²) in [5.41, 5.74) is 3.53. The molecule has 3 fully saturated rings. The van der Waals surface area contributed by atoms with Crippen LogP contribution in [0.15, 0.2) is 12.1 Å². The molecular formula is C17H24BN5. The highest BCUT2D eigenvalue weighted by atomic mass is 15.4. The minimum atomic E-state index is 0.457. The van der Waals surface area contributed by atoms with E-state index >= 15 is 0 Å². The van der Waals surface area contributed by atoms with E-state index in [1.54, 1.807) is 0 Å². The van der Waals surface area contributed by atoms with Crippen LogP contribution in [0.25, 0.3) is 5.65 Å². The van der Waals surface area contributed by atoms with Gasteiger partial charge in [0.1, 0.15) is 5.82 Å². The van der Waals surface area contributed by atoms with Gasteiger partial charge in [-0.15, -0.1) is 0 Å². The van der Waals surface area contributed by atoms with Crippen LogP contribution in [0.1, 0.15) is 61.9 Å². The number of anilines is 1. The smallest absolute Gasteiger partial charge is 0.186 e. The molecular weight excluding hydrogens is 285 g/mol. The second kappa shape index (κ2) is 5.23. The quantitative estimate of drug-likeness (QED) is 0.812. The van der Waals surface area contributed by atoms with Gasteiger partial charge in [0.15, 0.2) is 13.6 Å². The average Bonchev–Trinajstić information content (AvgIpc) is 3.25. The van der Waals surface area contributed by atoms with Crippen molar-refractivity contribution in [1.29, 1.82) is 0 Å². The number of nitrogens with zero attached hydrogens (tertiary/aromatic N) is 5. The van der Waals surface area contributed by atoms with Crippen molar-refractivity contribution >= 4 is 19.4 Å².